The Kier molecular flexibility index (Phi) is 3.68. The van der Waals surface area contributed by atoms with Gasteiger partial charge in [0.2, 0.25) is 5.88 Å². The molecule has 0 radical (unpaired) electrons. The fourth-order valence-corrected chi connectivity index (χ4v) is 1.33. The summed E-state index contributed by atoms with van der Waals surface area (Å²) in [6, 6.07) is 0. The zero-order valence-electron chi connectivity index (χ0n) is 8.90. The van der Waals surface area contributed by atoms with Crippen molar-refractivity contribution in [1.82, 2.24) is 9.97 Å². The number of ether oxygens (including phenoxy) is 1. The number of hydrogen-bond acceptors (Lipinski definition) is 4. The molecule has 0 spiro atoms. The monoisotopic (exact) mass is 195 g/mol. The van der Waals surface area contributed by atoms with Gasteiger partial charge in [0.1, 0.15) is 12.0 Å². The van der Waals surface area contributed by atoms with E-state index >= 15 is 0 Å². The molecule has 1 unspecified atom stereocenters. The first-order valence-electron chi connectivity index (χ1n) is 4.81. The molecule has 0 amide bonds. The molecule has 4 nitrogen and oxygen atoms in total. The van der Waals surface area contributed by atoms with Crippen molar-refractivity contribution in [1.29, 1.82) is 0 Å². The molecule has 1 atom stereocenters. The van der Waals surface area contributed by atoms with Crippen LogP contribution in [-0.2, 0) is 0 Å². The molecular weight excluding hydrogens is 178 g/mol. The quantitative estimate of drug-likeness (QED) is 0.796. The normalized spacial score (nSPS) is 12.9. The second kappa shape index (κ2) is 4.79. The Morgan fingerprint density at radius 1 is 1.43 bits per heavy atom. The third-order valence-corrected chi connectivity index (χ3v) is 1.82. The Hall–Kier alpha value is -1.32. The summed E-state index contributed by atoms with van der Waals surface area (Å²) in [5, 5.41) is 0. The summed E-state index contributed by atoms with van der Waals surface area (Å²) in [7, 11) is 0. The zero-order valence-corrected chi connectivity index (χ0v) is 8.90. The van der Waals surface area contributed by atoms with Crippen LogP contribution in [0.1, 0.15) is 27.2 Å². The number of nitrogens with zero attached hydrogens (tertiary/aromatic N) is 2. The Bertz CT molecular complexity index is 288. The summed E-state index contributed by atoms with van der Waals surface area (Å²) >= 11 is 0. The molecule has 1 rings (SSSR count). The second-order valence-corrected chi connectivity index (χ2v) is 3.84. The van der Waals surface area contributed by atoms with E-state index in [0.29, 0.717) is 17.5 Å². The van der Waals surface area contributed by atoms with Crippen LogP contribution in [0.15, 0.2) is 12.5 Å². The summed E-state index contributed by atoms with van der Waals surface area (Å²) < 4.78 is 5.58. The third-order valence-electron chi connectivity index (χ3n) is 1.82. The van der Waals surface area contributed by atoms with Crippen molar-refractivity contribution in [3.8, 4) is 5.88 Å². The molecule has 1 heterocycles. The molecule has 0 aliphatic rings. The molecule has 0 bridgehead atoms. The molecule has 1 aromatic rings. The first-order valence-corrected chi connectivity index (χ1v) is 4.81. The van der Waals surface area contributed by atoms with Gasteiger partial charge in [-0.25, -0.2) is 4.98 Å². The van der Waals surface area contributed by atoms with E-state index in [2.05, 4.69) is 23.8 Å². The molecule has 14 heavy (non-hydrogen) atoms. The average molecular weight is 195 g/mol. The van der Waals surface area contributed by atoms with Crippen LogP contribution in [0.5, 0.6) is 5.88 Å². The first-order chi connectivity index (χ1) is 6.59. The number of aromatic nitrogens is 2. The Morgan fingerprint density at radius 3 is 2.71 bits per heavy atom. The molecule has 2 N–H and O–H groups in total. The molecule has 1 aromatic heterocycles. The second-order valence-electron chi connectivity index (χ2n) is 3.84. The van der Waals surface area contributed by atoms with Crippen molar-refractivity contribution in [3.63, 3.8) is 0 Å². The summed E-state index contributed by atoms with van der Waals surface area (Å²) in [4.78, 5) is 7.76. The van der Waals surface area contributed by atoms with Gasteiger partial charge in [0.15, 0.2) is 0 Å². The maximum atomic E-state index is 5.65. The van der Waals surface area contributed by atoms with E-state index in [1.54, 1.807) is 6.20 Å². The smallest absolute Gasteiger partial charge is 0.240 e. The fourth-order valence-electron chi connectivity index (χ4n) is 1.33. The standard InChI is InChI=1S/C10H17N3O/c1-7(2)4-8(3)14-10-9(11)5-12-6-13-10/h5-8H,4,11H2,1-3H3. The van der Waals surface area contributed by atoms with Crippen LogP contribution in [-0.4, -0.2) is 16.1 Å². The van der Waals surface area contributed by atoms with Crippen LogP contribution in [0.2, 0.25) is 0 Å². The van der Waals surface area contributed by atoms with Gasteiger partial charge in [0, 0.05) is 0 Å². The van der Waals surface area contributed by atoms with Crippen molar-refractivity contribution >= 4 is 5.69 Å². The number of nitrogens with two attached hydrogens (primary N) is 1. The lowest BCUT2D eigenvalue weighted by atomic mass is 10.1. The molecule has 0 aliphatic carbocycles. The fraction of sp³-hybridized carbons (Fsp3) is 0.600. The van der Waals surface area contributed by atoms with Gasteiger partial charge in [0.25, 0.3) is 0 Å². The molecule has 0 aromatic carbocycles. The van der Waals surface area contributed by atoms with Gasteiger partial charge in [-0.2, -0.15) is 4.98 Å². The molecule has 0 aliphatic heterocycles. The van der Waals surface area contributed by atoms with E-state index in [4.69, 9.17) is 10.5 Å². The van der Waals surface area contributed by atoms with Gasteiger partial charge in [-0.05, 0) is 19.3 Å². The first kappa shape index (κ1) is 10.8. The van der Waals surface area contributed by atoms with Crippen LogP contribution in [0, 0.1) is 5.92 Å². The summed E-state index contributed by atoms with van der Waals surface area (Å²) in [5.74, 6) is 1.08. The Labute approximate surface area is 84.5 Å². The van der Waals surface area contributed by atoms with E-state index in [0.717, 1.165) is 6.42 Å². The van der Waals surface area contributed by atoms with Gasteiger partial charge in [-0.1, -0.05) is 13.8 Å². The van der Waals surface area contributed by atoms with Gasteiger partial charge < -0.3 is 10.5 Å². The van der Waals surface area contributed by atoms with E-state index in [1.165, 1.54) is 6.33 Å². The summed E-state index contributed by atoms with van der Waals surface area (Å²) in [6.45, 7) is 6.33. The van der Waals surface area contributed by atoms with Crippen molar-refractivity contribution in [3.05, 3.63) is 12.5 Å². The van der Waals surface area contributed by atoms with Gasteiger partial charge in [-0.3, -0.25) is 0 Å². The van der Waals surface area contributed by atoms with Gasteiger partial charge in [-0.15, -0.1) is 0 Å². The predicted octanol–water partition coefficient (Wildman–Crippen LogP) is 1.87. The van der Waals surface area contributed by atoms with E-state index in [-0.39, 0.29) is 6.10 Å². The number of hydrogen-bond donors (Lipinski definition) is 1. The Morgan fingerprint density at radius 2 is 2.14 bits per heavy atom. The summed E-state index contributed by atoms with van der Waals surface area (Å²) in [6.07, 6.45) is 4.11. The third kappa shape index (κ3) is 3.20. The largest absolute Gasteiger partial charge is 0.473 e. The zero-order chi connectivity index (χ0) is 10.6. The minimum atomic E-state index is 0.132. The van der Waals surface area contributed by atoms with Crippen LogP contribution in [0.4, 0.5) is 5.69 Å². The van der Waals surface area contributed by atoms with Crippen LogP contribution in [0.3, 0.4) is 0 Å². The highest BCUT2D eigenvalue weighted by atomic mass is 16.5. The molecule has 0 saturated carbocycles. The van der Waals surface area contributed by atoms with E-state index < -0.39 is 0 Å². The van der Waals surface area contributed by atoms with Crippen LogP contribution < -0.4 is 10.5 Å². The highest BCUT2D eigenvalue weighted by Gasteiger charge is 2.09. The maximum Gasteiger partial charge on any atom is 0.240 e. The molecule has 0 saturated heterocycles. The van der Waals surface area contributed by atoms with E-state index in [9.17, 15) is 0 Å². The van der Waals surface area contributed by atoms with Crippen LogP contribution in [0.25, 0.3) is 0 Å². The van der Waals surface area contributed by atoms with Crippen molar-refractivity contribution in [2.24, 2.45) is 5.92 Å². The lowest BCUT2D eigenvalue weighted by molar-refractivity contribution is 0.186. The highest BCUT2D eigenvalue weighted by molar-refractivity contribution is 5.44. The lowest BCUT2D eigenvalue weighted by Crippen LogP contribution is -2.16. The lowest BCUT2D eigenvalue weighted by Gasteiger charge is -2.16. The van der Waals surface area contributed by atoms with Crippen molar-refractivity contribution < 1.29 is 4.74 Å². The van der Waals surface area contributed by atoms with Crippen molar-refractivity contribution in [2.75, 3.05) is 5.73 Å². The van der Waals surface area contributed by atoms with Crippen LogP contribution >= 0.6 is 0 Å². The van der Waals surface area contributed by atoms with Gasteiger partial charge in [0.05, 0.1) is 12.3 Å². The number of rotatable bonds is 4. The molecule has 4 heteroatoms. The van der Waals surface area contributed by atoms with E-state index in [1.807, 2.05) is 6.92 Å². The predicted molar refractivity (Wildman–Crippen MR) is 56.0 cm³/mol. The molecule has 0 fully saturated rings. The SMILES string of the molecule is CC(C)CC(C)Oc1ncncc1N. The Balaban J connectivity index is 2.56. The maximum absolute atomic E-state index is 5.65. The minimum absolute atomic E-state index is 0.132. The topological polar surface area (TPSA) is 61.0 Å². The minimum Gasteiger partial charge on any atom is -0.473 e. The number of nitrogen functional groups attached to an aromatic ring is 1. The number of anilines is 1. The summed E-state index contributed by atoms with van der Waals surface area (Å²) in [5.41, 5.74) is 6.14. The molecule has 78 valence electrons. The average Bonchev–Trinajstić information content (AvgIpc) is 2.07. The van der Waals surface area contributed by atoms with Gasteiger partial charge >= 0.3 is 0 Å². The molecular formula is C10H17N3O. The van der Waals surface area contributed by atoms with Crippen molar-refractivity contribution in [2.45, 2.75) is 33.3 Å². The highest BCUT2D eigenvalue weighted by Crippen LogP contribution is 2.18.